The van der Waals surface area contributed by atoms with Crippen molar-refractivity contribution in [2.75, 3.05) is 0 Å². The molecule has 3 aliphatic carbocycles. The molecule has 0 amide bonds. The monoisotopic (exact) mass is 458 g/mol. The van der Waals surface area contributed by atoms with Gasteiger partial charge in [-0.15, -0.1) is 24.8 Å². The van der Waals surface area contributed by atoms with E-state index in [2.05, 4.69) is 53.7 Å². The van der Waals surface area contributed by atoms with Crippen LogP contribution in [0.4, 0.5) is 0 Å². The molecule has 0 bridgehead atoms. The molecule has 0 unspecified atom stereocenters. The predicted molar refractivity (Wildman–Crippen MR) is 111 cm³/mol. The van der Waals surface area contributed by atoms with Gasteiger partial charge >= 0.3 is 155 Å². The molecular formula is C22H34Cl2Zr. The maximum atomic E-state index is 2.64. The molecule has 0 aliphatic heterocycles. The maximum absolute atomic E-state index is 2.64. The molecule has 140 valence electrons. The van der Waals surface area contributed by atoms with Gasteiger partial charge in [-0.25, -0.2) is 0 Å². The van der Waals surface area contributed by atoms with Gasteiger partial charge in [0.1, 0.15) is 0 Å². The van der Waals surface area contributed by atoms with Gasteiger partial charge in [-0.05, 0) is 0 Å². The fourth-order valence-corrected chi connectivity index (χ4v) is 8.66. The summed E-state index contributed by atoms with van der Waals surface area (Å²) < 4.78 is 3.63. The van der Waals surface area contributed by atoms with Crippen LogP contribution in [0.25, 0.3) is 0 Å². The predicted octanol–water partition coefficient (Wildman–Crippen LogP) is 7.75. The van der Waals surface area contributed by atoms with E-state index in [0.29, 0.717) is 10.8 Å². The smallest absolute Gasteiger partial charge is 0.147 e. The van der Waals surface area contributed by atoms with E-state index in [1.54, 1.807) is 25.6 Å². The first-order valence-electron chi connectivity index (χ1n) is 9.33. The van der Waals surface area contributed by atoms with Gasteiger partial charge in [-0.1, -0.05) is 0 Å². The first-order chi connectivity index (χ1) is 10.8. The molecule has 25 heavy (non-hydrogen) atoms. The van der Waals surface area contributed by atoms with Crippen molar-refractivity contribution in [3.05, 3.63) is 41.0 Å². The number of hydrogen-bond acceptors (Lipinski definition) is 0. The summed E-state index contributed by atoms with van der Waals surface area (Å²) in [6.45, 7) is 14.5. The molecule has 3 rings (SSSR count). The van der Waals surface area contributed by atoms with Crippen LogP contribution in [0.15, 0.2) is 41.0 Å². The summed E-state index contributed by atoms with van der Waals surface area (Å²) in [4.78, 5) is 0. The zero-order valence-electron chi connectivity index (χ0n) is 16.7. The second-order valence-electron chi connectivity index (χ2n) is 8.65. The van der Waals surface area contributed by atoms with Gasteiger partial charge in [0, 0.05) is 0 Å². The topological polar surface area (TPSA) is 0 Å². The second kappa shape index (κ2) is 8.62. The van der Waals surface area contributed by atoms with Crippen LogP contribution in [0.3, 0.4) is 0 Å². The minimum absolute atomic E-state index is 0. The Morgan fingerprint density at radius 2 is 1.48 bits per heavy atom. The van der Waals surface area contributed by atoms with Crippen LogP contribution in [0.5, 0.6) is 0 Å². The standard InChI is InChI=1S/C12H17.C10H15.2ClH.Zr/c1-12(9-5-2-6-10-12)11-7-3-4-8-11;1-7-6-10(4,5)9(3)8(7)2;;;/h7-8H,2-3,5-6,9-10H2,1H3;1-5H3;2*1H;. The Bertz CT molecular complexity index is 641. The van der Waals surface area contributed by atoms with E-state index >= 15 is 0 Å². The van der Waals surface area contributed by atoms with Crippen LogP contribution in [0, 0.1) is 10.8 Å². The van der Waals surface area contributed by atoms with E-state index in [4.69, 9.17) is 0 Å². The van der Waals surface area contributed by atoms with Crippen molar-refractivity contribution < 1.29 is 23.2 Å². The van der Waals surface area contributed by atoms with Gasteiger partial charge in [-0.2, -0.15) is 0 Å². The van der Waals surface area contributed by atoms with Gasteiger partial charge in [0.05, 0.1) is 0 Å². The van der Waals surface area contributed by atoms with Crippen molar-refractivity contribution in [2.24, 2.45) is 10.8 Å². The summed E-state index contributed by atoms with van der Waals surface area (Å²) in [5.41, 5.74) is 7.28. The summed E-state index contributed by atoms with van der Waals surface area (Å²) in [6, 6.07) is 0. The summed E-state index contributed by atoms with van der Waals surface area (Å²) in [5.74, 6) is 0. The number of allylic oxidation sites excluding steroid dienone is 8. The maximum Gasteiger partial charge on any atom is -0.147 e. The van der Waals surface area contributed by atoms with E-state index in [-0.39, 0.29) is 24.8 Å². The third kappa shape index (κ3) is 4.30. The fourth-order valence-electron chi connectivity index (χ4n) is 4.66. The van der Waals surface area contributed by atoms with E-state index in [0.717, 1.165) is 0 Å². The van der Waals surface area contributed by atoms with Crippen LogP contribution in [-0.4, -0.2) is 0 Å². The zero-order valence-corrected chi connectivity index (χ0v) is 20.8. The minimum Gasteiger partial charge on any atom is -0.147 e. The Morgan fingerprint density at radius 3 is 2.00 bits per heavy atom. The van der Waals surface area contributed by atoms with Gasteiger partial charge in [0.2, 0.25) is 0 Å². The molecule has 0 N–H and O–H groups in total. The van der Waals surface area contributed by atoms with E-state index < -0.39 is 23.2 Å². The molecule has 0 atom stereocenters. The molecule has 0 heterocycles. The molecule has 3 heteroatoms. The van der Waals surface area contributed by atoms with Crippen molar-refractivity contribution in [2.45, 2.75) is 80.1 Å². The van der Waals surface area contributed by atoms with E-state index in [1.165, 1.54) is 38.5 Å². The average molecular weight is 461 g/mol. The van der Waals surface area contributed by atoms with E-state index in [9.17, 15) is 0 Å². The molecule has 0 saturated heterocycles. The first-order valence-corrected chi connectivity index (χ1v) is 11.8. The number of halogens is 2. The average Bonchev–Trinajstić information content (AvgIpc) is 3.04. The van der Waals surface area contributed by atoms with Gasteiger partial charge < -0.3 is 0 Å². The Hall–Kier alpha value is 0.423. The SMILES string of the molecule is CC1=C(C)C(C)(C)[C]([Zr][C]2=CC(C3(C)CCCCC3)=CC2)=C1C.Cl.Cl. The van der Waals surface area contributed by atoms with Crippen LogP contribution in [0.1, 0.15) is 80.1 Å². The van der Waals surface area contributed by atoms with E-state index in [1.807, 2.05) is 3.28 Å². The largest absolute Gasteiger partial charge is 0.147 e. The third-order valence-corrected chi connectivity index (χ3v) is 11.6. The molecular weight excluding hydrogens is 426 g/mol. The minimum atomic E-state index is -0.626. The van der Waals surface area contributed by atoms with Crippen molar-refractivity contribution in [3.8, 4) is 0 Å². The van der Waals surface area contributed by atoms with Crippen LogP contribution < -0.4 is 0 Å². The summed E-state index contributed by atoms with van der Waals surface area (Å²) in [7, 11) is 0. The molecule has 0 radical (unpaired) electrons. The Labute approximate surface area is 179 Å². The zero-order chi connectivity index (χ0) is 16.8. The second-order valence-corrected chi connectivity index (χ2v) is 12.1. The van der Waals surface area contributed by atoms with Gasteiger partial charge in [0.25, 0.3) is 0 Å². The summed E-state index contributed by atoms with van der Waals surface area (Å²) in [6.07, 6.45) is 13.6. The molecule has 0 aromatic rings. The fraction of sp³-hybridized carbons (Fsp3) is 0.636. The van der Waals surface area contributed by atoms with Crippen molar-refractivity contribution >= 4 is 24.8 Å². The molecule has 0 spiro atoms. The first kappa shape index (κ1) is 23.5. The van der Waals surface area contributed by atoms with Crippen molar-refractivity contribution in [3.63, 3.8) is 0 Å². The Balaban J connectivity index is 0.00000156. The normalized spacial score (nSPS) is 24.4. The molecule has 3 aliphatic rings. The van der Waals surface area contributed by atoms with Crippen LogP contribution in [0.2, 0.25) is 0 Å². The molecule has 1 saturated carbocycles. The Kier molecular flexibility index (Phi) is 8.09. The molecule has 0 aromatic heterocycles. The van der Waals surface area contributed by atoms with Crippen molar-refractivity contribution in [1.29, 1.82) is 0 Å². The van der Waals surface area contributed by atoms with Crippen LogP contribution in [-0.2, 0) is 23.2 Å². The molecule has 1 fully saturated rings. The number of hydrogen-bond donors (Lipinski definition) is 0. The summed E-state index contributed by atoms with van der Waals surface area (Å²) >= 11 is -0.626. The molecule has 0 nitrogen and oxygen atoms in total. The Morgan fingerprint density at radius 1 is 0.880 bits per heavy atom. The van der Waals surface area contributed by atoms with Gasteiger partial charge in [0.15, 0.2) is 0 Å². The number of rotatable bonds is 3. The molecule has 0 aromatic carbocycles. The van der Waals surface area contributed by atoms with Gasteiger partial charge in [-0.3, -0.25) is 0 Å². The van der Waals surface area contributed by atoms with Crippen LogP contribution >= 0.6 is 24.8 Å². The van der Waals surface area contributed by atoms with Crippen molar-refractivity contribution in [1.82, 2.24) is 0 Å². The summed E-state index contributed by atoms with van der Waals surface area (Å²) in [5, 5.41) is 0. The quantitative estimate of drug-likeness (QED) is 0.404. The third-order valence-electron chi connectivity index (χ3n) is 6.87.